The van der Waals surface area contributed by atoms with Crippen molar-refractivity contribution in [3.05, 3.63) is 42.5 Å². The summed E-state index contributed by atoms with van der Waals surface area (Å²) in [7, 11) is 0. The van der Waals surface area contributed by atoms with Crippen LogP contribution in [0.3, 0.4) is 0 Å². The fourth-order valence-corrected chi connectivity index (χ4v) is 1.41. The number of aromatic nitrogens is 1. The van der Waals surface area contributed by atoms with Gasteiger partial charge in [0, 0.05) is 0 Å². The minimum atomic E-state index is -0.557. The lowest BCUT2D eigenvalue weighted by molar-refractivity contribution is -0.117. The molecular weight excluding hydrogens is 244 g/mol. The Labute approximate surface area is 111 Å². The summed E-state index contributed by atoms with van der Waals surface area (Å²) < 4.78 is 5.20. The van der Waals surface area contributed by atoms with Gasteiger partial charge in [-0.15, -0.1) is 0 Å². The highest BCUT2D eigenvalue weighted by atomic mass is 16.3. The number of furan rings is 1. The van der Waals surface area contributed by atoms with E-state index in [4.69, 9.17) is 10.2 Å². The van der Waals surface area contributed by atoms with Crippen LogP contribution in [0.4, 0.5) is 11.5 Å². The van der Waals surface area contributed by atoms with Crippen molar-refractivity contribution in [2.24, 2.45) is 5.73 Å². The van der Waals surface area contributed by atoms with Crippen molar-refractivity contribution in [1.29, 1.82) is 0 Å². The second-order valence-electron chi connectivity index (χ2n) is 4.14. The van der Waals surface area contributed by atoms with Gasteiger partial charge in [-0.05, 0) is 31.2 Å². The highest BCUT2D eigenvalue weighted by Gasteiger charge is 2.07. The minimum Gasteiger partial charge on any atom is -0.467 e. The highest BCUT2D eigenvalue weighted by Crippen LogP contribution is 2.11. The van der Waals surface area contributed by atoms with Gasteiger partial charge in [0.2, 0.25) is 5.91 Å². The first kappa shape index (κ1) is 13.1. The number of pyridine rings is 1. The molecule has 1 unspecified atom stereocenters. The van der Waals surface area contributed by atoms with Gasteiger partial charge in [-0.25, -0.2) is 4.98 Å². The van der Waals surface area contributed by atoms with Gasteiger partial charge >= 0.3 is 0 Å². The van der Waals surface area contributed by atoms with Crippen molar-refractivity contribution >= 4 is 17.4 Å². The SMILES string of the molecule is CC(N)C(=O)Nc1ccc(NCc2ccco2)cn1. The fourth-order valence-electron chi connectivity index (χ4n) is 1.41. The number of nitrogens with one attached hydrogen (secondary N) is 2. The van der Waals surface area contributed by atoms with Gasteiger partial charge in [-0.3, -0.25) is 4.79 Å². The molecule has 100 valence electrons. The monoisotopic (exact) mass is 260 g/mol. The largest absolute Gasteiger partial charge is 0.467 e. The van der Waals surface area contributed by atoms with Gasteiger partial charge < -0.3 is 20.8 Å². The van der Waals surface area contributed by atoms with Crippen LogP contribution in [0.25, 0.3) is 0 Å². The zero-order chi connectivity index (χ0) is 13.7. The molecule has 2 aromatic rings. The zero-order valence-electron chi connectivity index (χ0n) is 10.6. The molecule has 6 nitrogen and oxygen atoms in total. The van der Waals surface area contributed by atoms with Gasteiger partial charge in [-0.1, -0.05) is 0 Å². The Hall–Kier alpha value is -2.34. The lowest BCUT2D eigenvalue weighted by atomic mass is 10.3. The van der Waals surface area contributed by atoms with E-state index in [1.165, 1.54) is 0 Å². The molecule has 0 aromatic carbocycles. The molecule has 4 N–H and O–H groups in total. The average Bonchev–Trinajstić information content (AvgIpc) is 2.91. The van der Waals surface area contributed by atoms with Crippen molar-refractivity contribution in [2.45, 2.75) is 19.5 Å². The average molecular weight is 260 g/mol. The number of carbonyl (C=O) groups excluding carboxylic acids is 1. The fraction of sp³-hybridized carbons (Fsp3) is 0.231. The van der Waals surface area contributed by atoms with Crippen LogP contribution in [0.5, 0.6) is 0 Å². The molecule has 6 heteroatoms. The van der Waals surface area contributed by atoms with Crippen LogP contribution in [-0.4, -0.2) is 16.9 Å². The molecule has 0 aliphatic rings. The number of hydrogen-bond donors (Lipinski definition) is 3. The van der Waals surface area contributed by atoms with E-state index in [0.29, 0.717) is 12.4 Å². The van der Waals surface area contributed by atoms with Gasteiger partial charge in [0.05, 0.1) is 30.7 Å². The van der Waals surface area contributed by atoms with E-state index >= 15 is 0 Å². The molecule has 0 aliphatic carbocycles. The van der Waals surface area contributed by atoms with Crippen LogP contribution < -0.4 is 16.4 Å². The van der Waals surface area contributed by atoms with E-state index in [1.54, 1.807) is 25.5 Å². The molecule has 0 bridgehead atoms. The number of rotatable bonds is 5. The Morgan fingerprint density at radius 2 is 2.32 bits per heavy atom. The third-order valence-electron chi connectivity index (χ3n) is 2.48. The molecule has 0 spiro atoms. The van der Waals surface area contributed by atoms with E-state index in [0.717, 1.165) is 11.4 Å². The Morgan fingerprint density at radius 1 is 1.47 bits per heavy atom. The summed E-state index contributed by atoms with van der Waals surface area (Å²) in [6.45, 7) is 2.20. The summed E-state index contributed by atoms with van der Waals surface area (Å²) in [6, 6.07) is 6.70. The molecule has 0 aliphatic heterocycles. The number of nitrogens with zero attached hydrogens (tertiary/aromatic N) is 1. The Balaban J connectivity index is 1.89. The number of hydrogen-bond acceptors (Lipinski definition) is 5. The van der Waals surface area contributed by atoms with Crippen molar-refractivity contribution < 1.29 is 9.21 Å². The van der Waals surface area contributed by atoms with Gasteiger partial charge in [-0.2, -0.15) is 0 Å². The molecule has 19 heavy (non-hydrogen) atoms. The molecule has 0 radical (unpaired) electrons. The van der Waals surface area contributed by atoms with Crippen molar-refractivity contribution in [2.75, 3.05) is 10.6 Å². The van der Waals surface area contributed by atoms with Crippen LogP contribution in [0.15, 0.2) is 41.1 Å². The topological polar surface area (TPSA) is 93.2 Å². The first-order valence-corrected chi connectivity index (χ1v) is 5.94. The molecule has 2 rings (SSSR count). The normalized spacial score (nSPS) is 11.9. The summed E-state index contributed by atoms with van der Waals surface area (Å²) in [5, 5.41) is 5.77. The molecule has 0 saturated carbocycles. The van der Waals surface area contributed by atoms with E-state index < -0.39 is 6.04 Å². The number of carbonyl (C=O) groups is 1. The molecule has 2 aromatic heterocycles. The second kappa shape index (κ2) is 6.01. The van der Waals surface area contributed by atoms with Crippen LogP contribution in [0, 0.1) is 0 Å². The van der Waals surface area contributed by atoms with E-state index in [1.807, 2.05) is 18.2 Å². The van der Waals surface area contributed by atoms with Crippen molar-refractivity contribution in [1.82, 2.24) is 4.98 Å². The first-order valence-electron chi connectivity index (χ1n) is 5.94. The minimum absolute atomic E-state index is 0.260. The highest BCUT2D eigenvalue weighted by molar-refractivity contribution is 5.93. The summed E-state index contributed by atoms with van der Waals surface area (Å²) in [6.07, 6.45) is 3.27. The first-order chi connectivity index (χ1) is 9.15. The smallest absolute Gasteiger partial charge is 0.242 e. The second-order valence-corrected chi connectivity index (χ2v) is 4.14. The van der Waals surface area contributed by atoms with Crippen LogP contribution in [0.1, 0.15) is 12.7 Å². The van der Waals surface area contributed by atoms with E-state index in [9.17, 15) is 4.79 Å². The van der Waals surface area contributed by atoms with Crippen LogP contribution >= 0.6 is 0 Å². The summed E-state index contributed by atoms with van der Waals surface area (Å²) in [4.78, 5) is 15.5. The predicted octanol–water partition coefficient (Wildman–Crippen LogP) is 1.57. The Morgan fingerprint density at radius 3 is 2.89 bits per heavy atom. The number of nitrogens with two attached hydrogens (primary N) is 1. The van der Waals surface area contributed by atoms with Crippen molar-refractivity contribution in [3.8, 4) is 0 Å². The zero-order valence-corrected chi connectivity index (χ0v) is 10.6. The number of amides is 1. The van der Waals surface area contributed by atoms with Crippen LogP contribution in [-0.2, 0) is 11.3 Å². The predicted molar refractivity (Wildman–Crippen MR) is 72.6 cm³/mol. The maximum absolute atomic E-state index is 11.4. The molecule has 0 saturated heterocycles. The van der Waals surface area contributed by atoms with E-state index in [-0.39, 0.29) is 5.91 Å². The maximum atomic E-state index is 11.4. The maximum Gasteiger partial charge on any atom is 0.242 e. The summed E-state index contributed by atoms with van der Waals surface area (Å²) in [5.74, 6) is 1.06. The summed E-state index contributed by atoms with van der Waals surface area (Å²) in [5.41, 5.74) is 6.30. The standard InChI is InChI=1S/C13H16N4O2/c1-9(14)13(18)17-12-5-4-10(7-16-12)15-8-11-3-2-6-19-11/h2-7,9,15H,8,14H2,1H3,(H,16,17,18). The van der Waals surface area contributed by atoms with Crippen LogP contribution in [0.2, 0.25) is 0 Å². The molecule has 1 atom stereocenters. The van der Waals surface area contributed by atoms with E-state index in [2.05, 4.69) is 15.6 Å². The third-order valence-corrected chi connectivity index (χ3v) is 2.48. The molecule has 2 heterocycles. The molecule has 1 amide bonds. The van der Waals surface area contributed by atoms with Gasteiger partial charge in [0.25, 0.3) is 0 Å². The Kier molecular flexibility index (Phi) is 4.15. The molecule has 0 fully saturated rings. The number of anilines is 2. The van der Waals surface area contributed by atoms with Gasteiger partial charge in [0.15, 0.2) is 0 Å². The summed E-state index contributed by atoms with van der Waals surface area (Å²) >= 11 is 0. The third kappa shape index (κ3) is 3.82. The lowest BCUT2D eigenvalue weighted by Gasteiger charge is -2.08. The Bertz CT molecular complexity index is 520. The lowest BCUT2D eigenvalue weighted by Crippen LogP contribution is -2.32. The van der Waals surface area contributed by atoms with Crippen molar-refractivity contribution in [3.63, 3.8) is 0 Å². The molecular formula is C13H16N4O2. The quantitative estimate of drug-likeness (QED) is 0.758. The van der Waals surface area contributed by atoms with Gasteiger partial charge in [0.1, 0.15) is 11.6 Å².